The average Bonchev–Trinajstić information content (AvgIpc) is 2.58. The van der Waals surface area contributed by atoms with Crippen LogP contribution in [0.3, 0.4) is 0 Å². The van der Waals surface area contributed by atoms with Crippen LogP contribution in [0.4, 0.5) is 15.3 Å². The summed E-state index contributed by atoms with van der Waals surface area (Å²) in [6, 6.07) is 12.3. The highest BCUT2D eigenvalue weighted by atomic mass is 16.6. The maximum atomic E-state index is 12.5. The van der Waals surface area contributed by atoms with E-state index in [0.717, 1.165) is 11.1 Å². The number of benzene rings is 2. The third-order valence-electron chi connectivity index (χ3n) is 4.21. The number of fused-ring (bicyclic) bond motifs is 1. The first-order chi connectivity index (χ1) is 12.3. The predicted molar refractivity (Wildman–Crippen MR) is 97.0 cm³/mol. The number of nitrogen functional groups attached to an aromatic ring is 1. The molecule has 1 heterocycles. The summed E-state index contributed by atoms with van der Waals surface area (Å²) in [4.78, 5) is 27.1. The Morgan fingerprint density at radius 1 is 1.27 bits per heavy atom. The van der Waals surface area contributed by atoms with Crippen molar-refractivity contribution in [2.24, 2.45) is 0 Å². The zero-order chi connectivity index (χ0) is 18.8. The quantitative estimate of drug-likeness (QED) is 0.853. The number of rotatable bonds is 3. The maximum Gasteiger partial charge on any atom is 0.416 e. The minimum atomic E-state index is -0.497. The number of nitrogens with zero attached hydrogens (tertiary/aromatic N) is 2. The summed E-state index contributed by atoms with van der Waals surface area (Å²) in [5.41, 5.74) is 8.22. The number of amides is 2. The fraction of sp³-hybridized carbons (Fsp3) is 0.263. The summed E-state index contributed by atoms with van der Waals surface area (Å²) in [5.74, 6) is 0.724. The minimum Gasteiger partial charge on any atom is -0.410 e. The van der Waals surface area contributed by atoms with Gasteiger partial charge in [-0.05, 0) is 36.8 Å². The van der Waals surface area contributed by atoms with Gasteiger partial charge in [-0.15, -0.1) is 0 Å². The summed E-state index contributed by atoms with van der Waals surface area (Å²) < 4.78 is 10.7. The van der Waals surface area contributed by atoms with E-state index in [4.69, 9.17) is 15.2 Å². The van der Waals surface area contributed by atoms with E-state index in [2.05, 4.69) is 0 Å². The second-order valence-corrected chi connectivity index (χ2v) is 6.38. The molecule has 0 aromatic heterocycles. The molecule has 26 heavy (non-hydrogen) atoms. The molecule has 2 N–H and O–H groups in total. The van der Waals surface area contributed by atoms with E-state index < -0.39 is 12.2 Å². The van der Waals surface area contributed by atoms with Gasteiger partial charge >= 0.3 is 12.2 Å². The van der Waals surface area contributed by atoms with Gasteiger partial charge in [-0.3, -0.25) is 4.90 Å². The largest absolute Gasteiger partial charge is 0.416 e. The molecule has 2 amide bonds. The van der Waals surface area contributed by atoms with E-state index in [1.807, 2.05) is 25.1 Å². The molecule has 1 aliphatic heterocycles. The van der Waals surface area contributed by atoms with Crippen LogP contribution in [0.5, 0.6) is 11.5 Å². The Bertz CT molecular complexity index is 850. The predicted octanol–water partition coefficient (Wildman–Crippen LogP) is 3.40. The van der Waals surface area contributed by atoms with Crippen LogP contribution in [0.15, 0.2) is 42.5 Å². The van der Waals surface area contributed by atoms with Crippen LogP contribution in [-0.4, -0.2) is 36.1 Å². The van der Waals surface area contributed by atoms with E-state index in [1.165, 1.54) is 4.90 Å². The number of ether oxygens (including phenoxy) is 2. The van der Waals surface area contributed by atoms with Crippen molar-refractivity contribution in [3.8, 4) is 11.5 Å². The summed E-state index contributed by atoms with van der Waals surface area (Å²) in [6.45, 7) is 2.32. The number of carbonyl (C=O) groups is 2. The van der Waals surface area contributed by atoms with Gasteiger partial charge in [0.05, 0.1) is 6.04 Å². The number of hydrogen-bond acceptors (Lipinski definition) is 5. The summed E-state index contributed by atoms with van der Waals surface area (Å²) >= 11 is 0. The molecule has 1 aliphatic rings. The van der Waals surface area contributed by atoms with Gasteiger partial charge in [0.2, 0.25) is 0 Å². The molecular formula is C19H21N3O4. The monoisotopic (exact) mass is 355 g/mol. The molecule has 136 valence electrons. The van der Waals surface area contributed by atoms with E-state index in [1.54, 1.807) is 43.3 Å². The molecule has 1 atom stereocenters. The molecule has 2 aromatic carbocycles. The Morgan fingerprint density at radius 2 is 2.04 bits per heavy atom. The first kappa shape index (κ1) is 17.6. The highest BCUT2D eigenvalue weighted by Gasteiger charge is 2.32. The van der Waals surface area contributed by atoms with Crippen molar-refractivity contribution in [1.29, 1.82) is 0 Å². The average molecular weight is 355 g/mol. The summed E-state index contributed by atoms with van der Waals surface area (Å²) in [5, 5.41) is 0. The standard InChI is InChI=1S/C19H21N3O4/c1-12-16-8-7-15(25-18(23)21(2)3)10-17(16)26-19(24)22(12)11-13-5-4-6-14(20)9-13/h4-10,12H,11,20H2,1-3H3. The zero-order valence-electron chi connectivity index (χ0n) is 14.9. The summed E-state index contributed by atoms with van der Waals surface area (Å²) in [7, 11) is 3.19. The lowest BCUT2D eigenvalue weighted by Gasteiger charge is -2.34. The van der Waals surface area contributed by atoms with Gasteiger partial charge in [-0.25, -0.2) is 9.59 Å². The minimum absolute atomic E-state index is 0.189. The lowest BCUT2D eigenvalue weighted by molar-refractivity contribution is 0.117. The first-order valence-corrected chi connectivity index (χ1v) is 8.21. The van der Waals surface area contributed by atoms with Crippen LogP contribution in [0, 0.1) is 0 Å². The number of carbonyl (C=O) groups excluding carboxylic acids is 2. The van der Waals surface area contributed by atoms with E-state index in [-0.39, 0.29) is 6.04 Å². The van der Waals surface area contributed by atoms with Crippen LogP contribution < -0.4 is 15.2 Å². The van der Waals surface area contributed by atoms with Crippen molar-refractivity contribution in [3.05, 3.63) is 53.6 Å². The van der Waals surface area contributed by atoms with Crippen LogP contribution in [0.25, 0.3) is 0 Å². The number of hydrogen-bond donors (Lipinski definition) is 1. The highest BCUT2D eigenvalue weighted by molar-refractivity contribution is 5.75. The van der Waals surface area contributed by atoms with Crippen molar-refractivity contribution >= 4 is 17.9 Å². The van der Waals surface area contributed by atoms with Crippen molar-refractivity contribution in [3.63, 3.8) is 0 Å². The van der Waals surface area contributed by atoms with Gasteiger partial charge in [-0.1, -0.05) is 12.1 Å². The van der Waals surface area contributed by atoms with E-state index in [9.17, 15) is 9.59 Å². The fourth-order valence-electron chi connectivity index (χ4n) is 2.77. The molecule has 0 saturated carbocycles. The van der Waals surface area contributed by atoms with Gasteiger partial charge in [0.1, 0.15) is 11.5 Å². The molecule has 7 nitrogen and oxygen atoms in total. The highest BCUT2D eigenvalue weighted by Crippen LogP contribution is 2.37. The maximum absolute atomic E-state index is 12.5. The second-order valence-electron chi connectivity index (χ2n) is 6.38. The Balaban J connectivity index is 1.82. The number of anilines is 1. The van der Waals surface area contributed by atoms with Crippen molar-refractivity contribution in [2.45, 2.75) is 19.5 Å². The Labute approximate surface area is 151 Å². The molecule has 3 rings (SSSR count). The van der Waals surface area contributed by atoms with Crippen LogP contribution >= 0.6 is 0 Å². The van der Waals surface area contributed by atoms with Crippen molar-refractivity contribution < 1.29 is 19.1 Å². The normalized spacial score (nSPS) is 15.9. The molecule has 2 aromatic rings. The molecule has 0 bridgehead atoms. The molecule has 0 aliphatic carbocycles. The van der Waals surface area contributed by atoms with Crippen LogP contribution in [-0.2, 0) is 6.54 Å². The SMILES string of the molecule is CC1c2ccc(OC(=O)N(C)C)cc2OC(=O)N1Cc1cccc(N)c1. The van der Waals surface area contributed by atoms with Crippen LogP contribution in [0.1, 0.15) is 24.1 Å². The smallest absolute Gasteiger partial charge is 0.410 e. The molecule has 1 unspecified atom stereocenters. The van der Waals surface area contributed by atoms with Gasteiger partial charge in [0.15, 0.2) is 0 Å². The van der Waals surface area contributed by atoms with Gasteiger partial charge in [0, 0.05) is 38.0 Å². The molecule has 0 fully saturated rings. The Morgan fingerprint density at radius 3 is 2.73 bits per heavy atom. The van der Waals surface area contributed by atoms with Gasteiger partial charge in [0.25, 0.3) is 0 Å². The number of nitrogens with two attached hydrogens (primary N) is 1. The molecular weight excluding hydrogens is 334 g/mol. The Hall–Kier alpha value is -3.22. The zero-order valence-corrected chi connectivity index (χ0v) is 14.9. The van der Waals surface area contributed by atoms with Crippen LogP contribution in [0.2, 0.25) is 0 Å². The third kappa shape index (κ3) is 3.56. The molecule has 0 spiro atoms. The fourth-order valence-corrected chi connectivity index (χ4v) is 2.77. The Kier molecular flexibility index (Phi) is 4.71. The van der Waals surface area contributed by atoms with Gasteiger partial charge in [-0.2, -0.15) is 0 Å². The second kappa shape index (κ2) is 6.95. The first-order valence-electron chi connectivity index (χ1n) is 8.21. The van der Waals surface area contributed by atoms with E-state index >= 15 is 0 Å². The van der Waals surface area contributed by atoms with Gasteiger partial charge < -0.3 is 20.1 Å². The third-order valence-corrected chi connectivity index (χ3v) is 4.21. The molecule has 7 heteroatoms. The molecule has 0 saturated heterocycles. The lowest BCUT2D eigenvalue weighted by Crippen LogP contribution is -2.39. The molecule has 0 radical (unpaired) electrons. The topological polar surface area (TPSA) is 85.1 Å². The van der Waals surface area contributed by atoms with Crippen molar-refractivity contribution in [2.75, 3.05) is 19.8 Å². The summed E-state index contributed by atoms with van der Waals surface area (Å²) in [6.07, 6.45) is -0.952. The van der Waals surface area contributed by atoms with E-state index in [0.29, 0.717) is 23.7 Å². The van der Waals surface area contributed by atoms with Crippen molar-refractivity contribution in [1.82, 2.24) is 9.80 Å². The lowest BCUT2D eigenvalue weighted by atomic mass is 10.0.